The van der Waals surface area contributed by atoms with Crippen LogP contribution < -0.4 is 5.32 Å². The highest BCUT2D eigenvalue weighted by Gasteiger charge is 2.21. The molecule has 2 aromatic carbocycles. The molecule has 1 aliphatic heterocycles. The van der Waals surface area contributed by atoms with Gasteiger partial charge in [0.05, 0.1) is 6.54 Å². The molecule has 6 nitrogen and oxygen atoms in total. The highest BCUT2D eigenvalue weighted by Crippen LogP contribution is 2.22. The number of benzene rings is 2. The van der Waals surface area contributed by atoms with Gasteiger partial charge in [0.1, 0.15) is 16.6 Å². The topological polar surface area (TPSA) is 61.4 Å². The number of hydrogen-bond acceptors (Lipinski definition) is 6. The highest BCUT2D eigenvalue weighted by atomic mass is 35.5. The van der Waals surface area contributed by atoms with Gasteiger partial charge in [-0.25, -0.2) is 8.78 Å². The van der Waals surface area contributed by atoms with Crippen LogP contribution in [-0.2, 0) is 19.6 Å². The van der Waals surface area contributed by atoms with Crippen molar-refractivity contribution in [3.05, 3.63) is 80.3 Å². The molecule has 0 aliphatic carbocycles. The van der Waals surface area contributed by atoms with Gasteiger partial charge in [-0.1, -0.05) is 41.1 Å². The Kier molecular flexibility index (Phi) is 7.41. The third-order valence-electron chi connectivity index (χ3n) is 5.29. The smallest absolute Gasteiger partial charge is 0.282 e. The van der Waals surface area contributed by atoms with Crippen LogP contribution in [0.3, 0.4) is 0 Å². The molecule has 1 aromatic heterocycles. The monoisotopic (exact) mass is 477 g/mol. The van der Waals surface area contributed by atoms with Crippen LogP contribution >= 0.6 is 22.9 Å². The largest absolute Gasteiger partial charge is 0.346 e. The average Bonchev–Trinajstić information content (AvgIpc) is 3.25. The van der Waals surface area contributed by atoms with Crippen LogP contribution in [0.4, 0.5) is 8.78 Å². The van der Waals surface area contributed by atoms with Gasteiger partial charge in [-0.15, -0.1) is 10.2 Å². The molecule has 0 saturated carbocycles. The van der Waals surface area contributed by atoms with E-state index in [0.717, 1.165) is 36.8 Å². The van der Waals surface area contributed by atoms with E-state index in [2.05, 4.69) is 25.3 Å². The molecule has 32 heavy (non-hydrogen) atoms. The summed E-state index contributed by atoms with van der Waals surface area (Å²) >= 11 is 7.40. The standard InChI is InChI=1S/C22H22ClF2N5OS/c23-18-2-1-3-19(25)17(18)13-29-8-10-30(11-9-29)14-20-27-28-22(32-20)21(31)26-12-15-4-6-16(24)7-5-15/h1-7H,8-14H2,(H,26,31). The first-order valence-corrected chi connectivity index (χ1v) is 11.4. The van der Waals surface area contributed by atoms with Crippen LogP contribution in [0.2, 0.25) is 5.02 Å². The lowest BCUT2D eigenvalue weighted by Gasteiger charge is -2.34. The van der Waals surface area contributed by atoms with Crippen LogP contribution in [0.1, 0.15) is 25.9 Å². The van der Waals surface area contributed by atoms with Crippen molar-refractivity contribution in [2.45, 2.75) is 19.6 Å². The van der Waals surface area contributed by atoms with Crippen molar-refractivity contribution < 1.29 is 13.6 Å². The van der Waals surface area contributed by atoms with Crippen molar-refractivity contribution in [2.24, 2.45) is 0 Å². The SMILES string of the molecule is O=C(NCc1ccc(F)cc1)c1nnc(CN2CCN(Cc3c(F)cccc3Cl)CC2)s1. The van der Waals surface area contributed by atoms with E-state index in [-0.39, 0.29) is 17.5 Å². The maximum Gasteiger partial charge on any atom is 0.282 e. The predicted octanol–water partition coefficient (Wildman–Crippen LogP) is 3.72. The molecule has 0 bridgehead atoms. The fraction of sp³-hybridized carbons (Fsp3) is 0.318. The molecule has 0 spiro atoms. The number of hydrogen-bond donors (Lipinski definition) is 1. The van der Waals surface area contributed by atoms with Crippen LogP contribution in [0.25, 0.3) is 0 Å². The minimum atomic E-state index is -0.314. The Hall–Kier alpha value is -2.46. The van der Waals surface area contributed by atoms with E-state index in [0.29, 0.717) is 35.2 Å². The van der Waals surface area contributed by atoms with Crippen LogP contribution in [0, 0.1) is 11.6 Å². The highest BCUT2D eigenvalue weighted by molar-refractivity contribution is 7.13. The Morgan fingerprint density at radius 1 is 1.00 bits per heavy atom. The minimum Gasteiger partial charge on any atom is -0.346 e. The second-order valence-corrected chi connectivity index (χ2v) is 9.03. The van der Waals surface area contributed by atoms with Crippen LogP contribution in [0.15, 0.2) is 42.5 Å². The summed E-state index contributed by atoms with van der Waals surface area (Å²) in [5.74, 6) is -0.894. The lowest BCUT2D eigenvalue weighted by molar-refractivity contribution is 0.0950. The van der Waals surface area contributed by atoms with E-state index < -0.39 is 0 Å². The molecule has 1 aliphatic rings. The van der Waals surface area contributed by atoms with Crippen LogP contribution in [0.5, 0.6) is 0 Å². The van der Waals surface area contributed by atoms with E-state index in [1.54, 1.807) is 24.3 Å². The summed E-state index contributed by atoms with van der Waals surface area (Å²) < 4.78 is 27.0. The van der Waals surface area contributed by atoms with Crippen molar-refractivity contribution in [1.82, 2.24) is 25.3 Å². The second kappa shape index (κ2) is 10.4. The number of nitrogens with one attached hydrogen (secondary N) is 1. The predicted molar refractivity (Wildman–Crippen MR) is 119 cm³/mol. The van der Waals surface area contributed by atoms with Gasteiger partial charge in [-0.2, -0.15) is 0 Å². The van der Waals surface area contributed by atoms with E-state index >= 15 is 0 Å². The first kappa shape index (κ1) is 22.7. The first-order valence-electron chi connectivity index (χ1n) is 10.2. The Morgan fingerprint density at radius 3 is 2.38 bits per heavy atom. The lowest BCUT2D eigenvalue weighted by atomic mass is 10.2. The van der Waals surface area contributed by atoms with Gasteiger partial charge in [-0.3, -0.25) is 14.6 Å². The molecule has 4 rings (SSSR count). The van der Waals surface area contributed by atoms with Gasteiger partial charge in [-0.05, 0) is 29.8 Å². The molecule has 1 amide bonds. The Labute approximate surface area is 193 Å². The molecule has 0 atom stereocenters. The van der Waals surface area contributed by atoms with Gasteiger partial charge in [0.2, 0.25) is 5.01 Å². The van der Waals surface area contributed by atoms with Crippen molar-refractivity contribution >= 4 is 28.8 Å². The molecular weight excluding hydrogens is 456 g/mol. The van der Waals surface area contributed by atoms with Gasteiger partial charge >= 0.3 is 0 Å². The van der Waals surface area contributed by atoms with E-state index in [4.69, 9.17) is 11.6 Å². The third-order valence-corrected chi connectivity index (χ3v) is 6.56. The fourth-order valence-corrected chi connectivity index (χ4v) is 4.49. The zero-order chi connectivity index (χ0) is 22.5. The number of nitrogens with zero attached hydrogens (tertiary/aromatic N) is 4. The summed E-state index contributed by atoms with van der Waals surface area (Å²) in [5.41, 5.74) is 1.34. The molecule has 2 heterocycles. The third kappa shape index (κ3) is 5.86. The summed E-state index contributed by atoms with van der Waals surface area (Å²) in [6.45, 7) is 4.56. The van der Waals surface area contributed by atoms with Crippen molar-refractivity contribution in [3.8, 4) is 0 Å². The maximum atomic E-state index is 14.0. The number of halogens is 3. The van der Waals surface area contributed by atoms with Gasteiger partial charge in [0.15, 0.2) is 0 Å². The molecule has 1 fully saturated rings. The normalized spacial score (nSPS) is 15.1. The van der Waals surface area contributed by atoms with Gasteiger partial charge in [0, 0.05) is 49.9 Å². The van der Waals surface area contributed by atoms with Crippen LogP contribution in [-0.4, -0.2) is 52.1 Å². The van der Waals surface area contributed by atoms with Gasteiger partial charge in [0.25, 0.3) is 5.91 Å². The Morgan fingerprint density at radius 2 is 1.69 bits per heavy atom. The number of carbonyl (C=O) groups is 1. The van der Waals surface area contributed by atoms with E-state index in [9.17, 15) is 13.6 Å². The number of piperazine rings is 1. The molecule has 3 aromatic rings. The van der Waals surface area contributed by atoms with E-state index in [1.807, 2.05) is 0 Å². The van der Waals surface area contributed by atoms with E-state index in [1.165, 1.54) is 29.5 Å². The molecule has 10 heteroatoms. The number of rotatable bonds is 7. The summed E-state index contributed by atoms with van der Waals surface area (Å²) in [4.78, 5) is 16.7. The number of carbonyl (C=O) groups excluding carboxylic acids is 1. The molecule has 168 valence electrons. The molecule has 0 unspecified atom stereocenters. The van der Waals surface area contributed by atoms with Gasteiger partial charge < -0.3 is 5.32 Å². The minimum absolute atomic E-state index is 0.279. The first-order chi connectivity index (χ1) is 15.5. The van der Waals surface area contributed by atoms with Crippen molar-refractivity contribution in [3.63, 3.8) is 0 Å². The molecule has 1 N–H and O–H groups in total. The zero-order valence-electron chi connectivity index (χ0n) is 17.2. The quantitative estimate of drug-likeness (QED) is 0.562. The summed E-state index contributed by atoms with van der Waals surface area (Å²) in [6, 6.07) is 10.7. The number of aromatic nitrogens is 2. The summed E-state index contributed by atoms with van der Waals surface area (Å²) in [5, 5.41) is 12.4. The Balaban J connectivity index is 1.24. The summed E-state index contributed by atoms with van der Waals surface area (Å²) in [7, 11) is 0. The lowest BCUT2D eigenvalue weighted by Crippen LogP contribution is -2.45. The Bertz CT molecular complexity index is 1050. The van der Waals surface area contributed by atoms with Crippen molar-refractivity contribution in [1.29, 1.82) is 0 Å². The molecular formula is C22H22ClF2N5OS. The zero-order valence-corrected chi connectivity index (χ0v) is 18.8. The number of amides is 1. The average molecular weight is 478 g/mol. The molecule has 1 saturated heterocycles. The maximum absolute atomic E-state index is 14.0. The fourth-order valence-electron chi connectivity index (χ4n) is 3.47. The molecule has 0 radical (unpaired) electrons. The summed E-state index contributed by atoms with van der Waals surface area (Å²) in [6.07, 6.45) is 0. The van der Waals surface area contributed by atoms with Crippen molar-refractivity contribution in [2.75, 3.05) is 26.2 Å². The second-order valence-electron chi connectivity index (χ2n) is 7.56.